The molecule has 3 heteroatoms. The van der Waals surface area contributed by atoms with E-state index in [1.165, 1.54) is 0 Å². The van der Waals surface area contributed by atoms with Crippen LogP contribution in [-0.4, -0.2) is 15.0 Å². The van der Waals surface area contributed by atoms with Gasteiger partial charge in [0.05, 0.1) is 16.6 Å². The van der Waals surface area contributed by atoms with Crippen molar-refractivity contribution in [1.29, 1.82) is 0 Å². The summed E-state index contributed by atoms with van der Waals surface area (Å²) in [6.07, 6.45) is 0. The number of aryl methyl sites for hydroxylation is 1. The van der Waals surface area contributed by atoms with E-state index in [-0.39, 0.29) is 0 Å². The first kappa shape index (κ1) is 10.3. The van der Waals surface area contributed by atoms with Crippen molar-refractivity contribution in [1.82, 2.24) is 15.0 Å². The molecule has 0 aliphatic heterocycles. The monoisotopic (exact) mass is 225 g/mol. The van der Waals surface area contributed by atoms with Crippen molar-refractivity contribution in [3.63, 3.8) is 0 Å². The van der Waals surface area contributed by atoms with E-state index in [0.717, 1.165) is 33.5 Å². The van der Waals surface area contributed by atoms with Gasteiger partial charge in [0.15, 0.2) is 0 Å². The van der Waals surface area contributed by atoms with Gasteiger partial charge in [0.25, 0.3) is 0 Å². The zero-order valence-electron chi connectivity index (χ0n) is 10.3. The van der Waals surface area contributed by atoms with Gasteiger partial charge < -0.3 is 4.98 Å². The first-order valence-electron chi connectivity index (χ1n) is 5.91. The number of pyridine rings is 1. The summed E-state index contributed by atoms with van der Waals surface area (Å²) < 4.78 is 0. The van der Waals surface area contributed by atoms with Crippen LogP contribution in [0.3, 0.4) is 0 Å². The van der Waals surface area contributed by atoms with Crippen LogP contribution in [0.2, 0.25) is 0 Å². The molecule has 3 aromatic rings. The van der Waals surface area contributed by atoms with Gasteiger partial charge >= 0.3 is 0 Å². The van der Waals surface area contributed by atoms with Crippen LogP contribution in [0.25, 0.3) is 21.9 Å². The van der Waals surface area contributed by atoms with E-state index in [4.69, 9.17) is 0 Å². The fourth-order valence-electron chi connectivity index (χ4n) is 2.05. The number of nitrogens with zero attached hydrogens (tertiary/aromatic N) is 2. The Morgan fingerprint density at radius 3 is 2.59 bits per heavy atom. The Hall–Kier alpha value is -1.90. The van der Waals surface area contributed by atoms with E-state index in [1.807, 2.05) is 13.0 Å². The van der Waals surface area contributed by atoms with Gasteiger partial charge in [-0.15, -0.1) is 0 Å². The molecule has 3 nitrogen and oxygen atoms in total. The molecule has 0 aliphatic carbocycles. The molecule has 0 atom stereocenters. The molecule has 0 unspecified atom stereocenters. The van der Waals surface area contributed by atoms with Gasteiger partial charge in [0.1, 0.15) is 5.82 Å². The first-order valence-corrected chi connectivity index (χ1v) is 5.91. The summed E-state index contributed by atoms with van der Waals surface area (Å²) in [6, 6.07) is 8.27. The maximum atomic E-state index is 4.61. The highest BCUT2D eigenvalue weighted by Crippen LogP contribution is 2.24. The molecular formula is C14H15N3. The van der Waals surface area contributed by atoms with Crippen molar-refractivity contribution in [2.75, 3.05) is 0 Å². The molecule has 0 aliphatic rings. The van der Waals surface area contributed by atoms with Crippen molar-refractivity contribution in [2.24, 2.45) is 0 Å². The summed E-state index contributed by atoms with van der Waals surface area (Å²) in [6.45, 7) is 6.29. The van der Waals surface area contributed by atoms with E-state index in [9.17, 15) is 0 Å². The number of aromatic amines is 1. The molecular weight excluding hydrogens is 210 g/mol. The molecule has 2 heterocycles. The number of imidazole rings is 1. The fourth-order valence-corrected chi connectivity index (χ4v) is 2.05. The average Bonchev–Trinajstić information content (AvgIpc) is 2.73. The van der Waals surface area contributed by atoms with Crippen molar-refractivity contribution in [3.8, 4) is 0 Å². The van der Waals surface area contributed by atoms with Crippen molar-refractivity contribution >= 4 is 21.9 Å². The quantitative estimate of drug-likeness (QED) is 0.688. The van der Waals surface area contributed by atoms with Crippen LogP contribution in [0, 0.1) is 6.92 Å². The summed E-state index contributed by atoms with van der Waals surface area (Å²) in [5, 5.41) is 1.15. The molecule has 1 N–H and O–H groups in total. The van der Waals surface area contributed by atoms with Crippen LogP contribution in [0.1, 0.15) is 31.3 Å². The zero-order valence-corrected chi connectivity index (χ0v) is 10.3. The number of hydrogen-bond acceptors (Lipinski definition) is 2. The van der Waals surface area contributed by atoms with Crippen LogP contribution < -0.4 is 0 Å². The Bertz CT molecular complexity index is 695. The number of rotatable bonds is 1. The van der Waals surface area contributed by atoms with E-state index in [0.29, 0.717) is 5.92 Å². The Morgan fingerprint density at radius 2 is 1.82 bits per heavy atom. The summed E-state index contributed by atoms with van der Waals surface area (Å²) in [7, 11) is 0. The molecule has 86 valence electrons. The second-order valence-corrected chi connectivity index (χ2v) is 4.76. The van der Waals surface area contributed by atoms with E-state index in [2.05, 4.69) is 47.0 Å². The zero-order chi connectivity index (χ0) is 12.0. The largest absolute Gasteiger partial charge is 0.340 e. The third-order valence-electron chi connectivity index (χ3n) is 3.02. The van der Waals surface area contributed by atoms with Crippen molar-refractivity contribution < 1.29 is 0 Å². The SMILES string of the molecule is Cc1ccc2ccc3nc(C(C)C)[nH]c3c2n1. The van der Waals surface area contributed by atoms with E-state index >= 15 is 0 Å². The smallest absolute Gasteiger partial charge is 0.109 e. The van der Waals surface area contributed by atoms with Gasteiger partial charge in [-0.3, -0.25) is 4.98 Å². The lowest BCUT2D eigenvalue weighted by Gasteiger charge is -1.99. The lowest BCUT2D eigenvalue weighted by molar-refractivity contribution is 0.799. The fraction of sp³-hybridized carbons (Fsp3) is 0.286. The summed E-state index contributed by atoms with van der Waals surface area (Å²) in [5.41, 5.74) is 4.10. The molecule has 1 aromatic carbocycles. The molecule has 0 saturated heterocycles. The van der Waals surface area contributed by atoms with Gasteiger partial charge in [-0.2, -0.15) is 0 Å². The first-order chi connectivity index (χ1) is 8.15. The Balaban J connectivity index is 2.41. The summed E-state index contributed by atoms with van der Waals surface area (Å²) in [5.74, 6) is 1.43. The Labute approximate surface area is 99.9 Å². The number of H-pyrrole nitrogens is 1. The molecule has 17 heavy (non-hydrogen) atoms. The Morgan fingerprint density at radius 1 is 1.06 bits per heavy atom. The van der Waals surface area contributed by atoms with Crippen LogP contribution in [-0.2, 0) is 0 Å². The molecule has 0 spiro atoms. The second kappa shape index (κ2) is 3.55. The van der Waals surface area contributed by atoms with E-state index in [1.54, 1.807) is 0 Å². The van der Waals surface area contributed by atoms with E-state index < -0.39 is 0 Å². The minimum atomic E-state index is 0.405. The molecule has 0 fully saturated rings. The molecule has 0 saturated carbocycles. The van der Waals surface area contributed by atoms with Crippen molar-refractivity contribution in [2.45, 2.75) is 26.7 Å². The van der Waals surface area contributed by atoms with Crippen molar-refractivity contribution in [3.05, 3.63) is 35.8 Å². The number of nitrogens with one attached hydrogen (secondary N) is 1. The lowest BCUT2D eigenvalue weighted by atomic mass is 10.2. The number of fused-ring (bicyclic) bond motifs is 3. The number of aromatic nitrogens is 3. The normalized spacial score (nSPS) is 11.8. The maximum Gasteiger partial charge on any atom is 0.109 e. The van der Waals surface area contributed by atoms with Gasteiger partial charge in [-0.05, 0) is 19.1 Å². The van der Waals surface area contributed by atoms with Gasteiger partial charge in [-0.25, -0.2) is 4.98 Å². The highest BCUT2D eigenvalue weighted by atomic mass is 14.9. The minimum absolute atomic E-state index is 0.405. The number of hydrogen-bond donors (Lipinski definition) is 1. The highest BCUT2D eigenvalue weighted by Gasteiger charge is 2.09. The lowest BCUT2D eigenvalue weighted by Crippen LogP contribution is -1.88. The van der Waals surface area contributed by atoms with Gasteiger partial charge in [-0.1, -0.05) is 26.0 Å². The second-order valence-electron chi connectivity index (χ2n) is 4.76. The van der Waals surface area contributed by atoms with Gasteiger partial charge in [0.2, 0.25) is 0 Å². The highest BCUT2D eigenvalue weighted by molar-refractivity contribution is 6.01. The molecule has 0 amide bonds. The topological polar surface area (TPSA) is 41.6 Å². The molecule has 0 bridgehead atoms. The van der Waals surface area contributed by atoms with Gasteiger partial charge in [0, 0.05) is 17.0 Å². The maximum absolute atomic E-state index is 4.61. The van der Waals surface area contributed by atoms with Crippen LogP contribution in [0.5, 0.6) is 0 Å². The van der Waals surface area contributed by atoms with Crippen LogP contribution >= 0.6 is 0 Å². The third-order valence-corrected chi connectivity index (χ3v) is 3.02. The summed E-state index contributed by atoms with van der Waals surface area (Å²) in [4.78, 5) is 12.6. The summed E-state index contributed by atoms with van der Waals surface area (Å²) >= 11 is 0. The minimum Gasteiger partial charge on any atom is -0.340 e. The predicted octanol–water partition coefficient (Wildman–Crippen LogP) is 3.54. The third kappa shape index (κ3) is 1.58. The van der Waals surface area contributed by atoms with Crippen LogP contribution in [0.4, 0.5) is 0 Å². The Kier molecular flexibility index (Phi) is 2.15. The number of benzene rings is 1. The predicted molar refractivity (Wildman–Crippen MR) is 70.2 cm³/mol. The average molecular weight is 225 g/mol. The molecule has 2 aromatic heterocycles. The van der Waals surface area contributed by atoms with Crippen LogP contribution in [0.15, 0.2) is 24.3 Å². The standard InChI is InChI=1S/C14H15N3/c1-8(2)14-16-11-7-6-10-5-4-9(3)15-12(10)13(11)17-14/h4-8H,1-3H3,(H,16,17). The molecule has 3 rings (SSSR count). The molecule has 0 radical (unpaired) electrons.